The normalized spacial score (nSPS) is 19.7. The van der Waals surface area contributed by atoms with E-state index in [9.17, 15) is 4.79 Å². The molecule has 2 N–H and O–H groups in total. The Kier molecular flexibility index (Phi) is 5.05. The van der Waals surface area contributed by atoms with Crippen molar-refractivity contribution in [1.82, 2.24) is 15.5 Å². The van der Waals surface area contributed by atoms with Crippen LogP contribution in [0.15, 0.2) is 24.3 Å². The van der Waals surface area contributed by atoms with E-state index in [1.807, 2.05) is 52.0 Å². The van der Waals surface area contributed by atoms with Crippen LogP contribution in [0.3, 0.4) is 0 Å². The number of aromatic amines is 1. The molecule has 0 fully saturated rings. The molecule has 0 unspecified atom stereocenters. The second-order valence-electron chi connectivity index (χ2n) is 7.58. The van der Waals surface area contributed by atoms with Gasteiger partial charge in [-0.05, 0) is 45.7 Å². The maximum atomic E-state index is 12.9. The fraction of sp³-hybridized carbons (Fsp3) is 0.500. The zero-order valence-electron chi connectivity index (χ0n) is 16.1. The number of para-hydroxylation sites is 1. The molecule has 2 atom stereocenters. The molecule has 140 valence electrons. The minimum absolute atomic E-state index is 0.0724. The highest BCUT2D eigenvalue weighted by Gasteiger charge is 2.31. The van der Waals surface area contributed by atoms with Crippen LogP contribution in [0.5, 0.6) is 5.75 Å². The van der Waals surface area contributed by atoms with Crippen molar-refractivity contribution >= 4 is 5.91 Å². The van der Waals surface area contributed by atoms with Crippen LogP contribution in [0.25, 0.3) is 0 Å². The van der Waals surface area contributed by atoms with Crippen LogP contribution >= 0.6 is 0 Å². The lowest BCUT2D eigenvalue weighted by atomic mass is 9.93. The number of nitrogens with zero attached hydrogens (tertiary/aromatic N) is 1. The lowest BCUT2D eigenvalue weighted by molar-refractivity contribution is -0.00697. The van der Waals surface area contributed by atoms with Crippen molar-refractivity contribution in [2.45, 2.75) is 58.3 Å². The van der Waals surface area contributed by atoms with Gasteiger partial charge in [0.1, 0.15) is 5.75 Å². The van der Waals surface area contributed by atoms with E-state index < -0.39 is 5.54 Å². The molecule has 1 aliphatic heterocycles. The van der Waals surface area contributed by atoms with Crippen LogP contribution in [0.2, 0.25) is 0 Å². The monoisotopic (exact) mass is 357 g/mol. The highest BCUT2D eigenvalue weighted by molar-refractivity contribution is 5.94. The van der Waals surface area contributed by atoms with Crippen molar-refractivity contribution in [3.63, 3.8) is 0 Å². The van der Waals surface area contributed by atoms with Gasteiger partial charge in [-0.2, -0.15) is 5.10 Å². The van der Waals surface area contributed by atoms with Crippen LogP contribution in [0.1, 0.15) is 61.1 Å². The Hall–Kier alpha value is -2.34. The summed E-state index contributed by atoms with van der Waals surface area (Å²) in [6.07, 6.45) is 1.34. The number of hydrogen-bond acceptors (Lipinski definition) is 4. The average Bonchev–Trinajstić information content (AvgIpc) is 2.98. The van der Waals surface area contributed by atoms with Crippen molar-refractivity contribution in [2.75, 3.05) is 7.11 Å². The largest absolute Gasteiger partial charge is 0.496 e. The third-order valence-electron chi connectivity index (χ3n) is 4.73. The first-order chi connectivity index (χ1) is 12.3. The number of carbonyl (C=O) groups excluding carboxylic acids is 1. The molecule has 1 aromatic carbocycles. The molecule has 26 heavy (non-hydrogen) atoms. The van der Waals surface area contributed by atoms with Crippen molar-refractivity contribution in [1.29, 1.82) is 0 Å². The van der Waals surface area contributed by atoms with Gasteiger partial charge in [0.15, 0.2) is 5.69 Å². The molecule has 3 rings (SSSR count). The molecule has 0 radical (unpaired) electrons. The number of rotatable bonds is 5. The smallest absolute Gasteiger partial charge is 0.272 e. The molecule has 1 amide bonds. The van der Waals surface area contributed by atoms with E-state index in [2.05, 4.69) is 15.5 Å². The van der Waals surface area contributed by atoms with Gasteiger partial charge in [0.2, 0.25) is 0 Å². The summed E-state index contributed by atoms with van der Waals surface area (Å²) in [6.45, 7) is 8.00. The summed E-state index contributed by atoms with van der Waals surface area (Å²) in [7, 11) is 1.66. The number of carbonyl (C=O) groups is 1. The maximum absolute atomic E-state index is 12.9. The molecule has 0 bridgehead atoms. The van der Waals surface area contributed by atoms with E-state index in [4.69, 9.17) is 9.47 Å². The Balaban J connectivity index is 1.77. The number of aromatic nitrogens is 2. The standard InChI is InChI=1S/C20H27N3O3/c1-12-10-15-17(13(2)26-12)22-23-18(15)19(24)21-20(3,4)11-14-8-6-7-9-16(14)25-5/h6-9,12-13H,10-11H2,1-5H3,(H,21,24)(H,22,23)/t12-,13+/m0/s1. The predicted octanol–water partition coefficient (Wildman–Crippen LogP) is 3.19. The van der Waals surface area contributed by atoms with Gasteiger partial charge in [-0.15, -0.1) is 0 Å². The van der Waals surface area contributed by atoms with Gasteiger partial charge in [-0.1, -0.05) is 18.2 Å². The first-order valence-electron chi connectivity index (χ1n) is 8.97. The Morgan fingerprint density at radius 2 is 2.12 bits per heavy atom. The van der Waals surface area contributed by atoms with Crippen molar-refractivity contribution in [2.24, 2.45) is 0 Å². The van der Waals surface area contributed by atoms with Crippen LogP contribution in [0, 0.1) is 0 Å². The minimum atomic E-state index is -0.444. The summed E-state index contributed by atoms with van der Waals surface area (Å²) >= 11 is 0. The fourth-order valence-electron chi connectivity index (χ4n) is 3.60. The van der Waals surface area contributed by atoms with E-state index in [1.165, 1.54) is 0 Å². The van der Waals surface area contributed by atoms with E-state index in [0.717, 1.165) is 22.6 Å². The molecule has 1 aromatic heterocycles. The molecular formula is C20H27N3O3. The maximum Gasteiger partial charge on any atom is 0.272 e. The SMILES string of the molecule is COc1ccccc1CC(C)(C)NC(=O)c1n[nH]c2c1C[C@H](C)O[C@@H]2C. The summed E-state index contributed by atoms with van der Waals surface area (Å²) in [6, 6.07) is 7.86. The second-order valence-corrected chi connectivity index (χ2v) is 7.58. The molecule has 2 aromatic rings. The first-order valence-corrected chi connectivity index (χ1v) is 8.97. The van der Waals surface area contributed by atoms with Crippen LogP contribution < -0.4 is 10.1 Å². The van der Waals surface area contributed by atoms with Gasteiger partial charge >= 0.3 is 0 Å². The zero-order valence-corrected chi connectivity index (χ0v) is 16.1. The predicted molar refractivity (Wildman–Crippen MR) is 99.5 cm³/mol. The molecule has 2 heterocycles. The zero-order chi connectivity index (χ0) is 18.9. The molecule has 0 saturated carbocycles. The second kappa shape index (κ2) is 7.11. The first kappa shape index (κ1) is 18.5. The van der Waals surface area contributed by atoms with Crippen LogP contribution in [0.4, 0.5) is 0 Å². The molecule has 0 aliphatic carbocycles. The number of amides is 1. The number of benzene rings is 1. The summed E-state index contributed by atoms with van der Waals surface area (Å²) in [5.41, 5.74) is 2.94. The lowest BCUT2D eigenvalue weighted by Gasteiger charge is -2.28. The van der Waals surface area contributed by atoms with E-state index >= 15 is 0 Å². The van der Waals surface area contributed by atoms with E-state index in [1.54, 1.807) is 7.11 Å². The van der Waals surface area contributed by atoms with Crippen LogP contribution in [-0.2, 0) is 17.6 Å². The highest BCUT2D eigenvalue weighted by atomic mass is 16.5. The van der Waals surface area contributed by atoms with Gasteiger partial charge < -0.3 is 14.8 Å². The van der Waals surface area contributed by atoms with E-state index in [-0.39, 0.29) is 18.1 Å². The third-order valence-corrected chi connectivity index (χ3v) is 4.73. The quantitative estimate of drug-likeness (QED) is 0.862. The van der Waals surface area contributed by atoms with Gasteiger partial charge in [-0.3, -0.25) is 9.89 Å². The average molecular weight is 357 g/mol. The van der Waals surface area contributed by atoms with Gasteiger partial charge in [0.25, 0.3) is 5.91 Å². The lowest BCUT2D eigenvalue weighted by Crippen LogP contribution is -2.45. The number of hydrogen-bond donors (Lipinski definition) is 2. The third kappa shape index (κ3) is 3.75. The van der Waals surface area contributed by atoms with Gasteiger partial charge in [-0.25, -0.2) is 0 Å². The minimum Gasteiger partial charge on any atom is -0.496 e. The Morgan fingerprint density at radius 1 is 1.38 bits per heavy atom. The topological polar surface area (TPSA) is 76.2 Å². The molecule has 0 saturated heterocycles. The van der Waals surface area contributed by atoms with Crippen LogP contribution in [-0.4, -0.2) is 34.9 Å². The highest BCUT2D eigenvalue weighted by Crippen LogP contribution is 2.30. The Bertz CT molecular complexity index is 797. The molecule has 1 aliphatic rings. The fourth-order valence-corrected chi connectivity index (χ4v) is 3.60. The molecular weight excluding hydrogens is 330 g/mol. The summed E-state index contributed by atoms with van der Waals surface area (Å²) < 4.78 is 11.2. The van der Waals surface area contributed by atoms with Crippen molar-refractivity contribution in [3.8, 4) is 5.75 Å². The number of nitrogens with one attached hydrogen (secondary N) is 2. The van der Waals surface area contributed by atoms with Gasteiger partial charge in [0.05, 0.1) is 25.0 Å². The number of H-pyrrole nitrogens is 1. The Morgan fingerprint density at radius 3 is 2.85 bits per heavy atom. The summed E-state index contributed by atoms with van der Waals surface area (Å²) in [5, 5.41) is 10.4. The van der Waals surface area contributed by atoms with Gasteiger partial charge in [0, 0.05) is 17.5 Å². The summed E-state index contributed by atoms with van der Waals surface area (Å²) in [4.78, 5) is 12.9. The van der Waals surface area contributed by atoms with Crippen molar-refractivity contribution < 1.29 is 14.3 Å². The van der Waals surface area contributed by atoms with Crippen molar-refractivity contribution in [3.05, 3.63) is 46.8 Å². The number of ether oxygens (including phenoxy) is 2. The van der Waals surface area contributed by atoms with E-state index in [0.29, 0.717) is 18.5 Å². The number of methoxy groups -OCH3 is 1. The summed E-state index contributed by atoms with van der Waals surface area (Å²) in [5.74, 6) is 0.662. The molecule has 6 nitrogen and oxygen atoms in total. The Labute approximate surface area is 154 Å². The number of fused-ring (bicyclic) bond motifs is 1. The molecule has 0 spiro atoms. The molecule has 6 heteroatoms.